The Kier molecular flexibility index (Phi) is 5.32. The van der Waals surface area contributed by atoms with Crippen molar-refractivity contribution in [3.05, 3.63) is 0 Å². The number of carbonyl (C=O) groups is 1. The van der Waals surface area contributed by atoms with Gasteiger partial charge in [0, 0.05) is 31.0 Å². The van der Waals surface area contributed by atoms with Gasteiger partial charge in [-0.15, -0.1) is 12.4 Å². The Morgan fingerprint density at radius 3 is 2.64 bits per heavy atom. The van der Waals surface area contributed by atoms with Crippen LogP contribution >= 0.6 is 12.4 Å². The fourth-order valence-corrected chi connectivity index (χ4v) is 4.24. The summed E-state index contributed by atoms with van der Waals surface area (Å²) in [4.78, 5) is 14.4. The van der Waals surface area contributed by atoms with E-state index in [9.17, 15) is 18.0 Å². The summed E-state index contributed by atoms with van der Waals surface area (Å²) in [7, 11) is 0. The lowest BCUT2D eigenvalue weighted by molar-refractivity contribution is -0.187. The summed E-state index contributed by atoms with van der Waals surface area (Å²) in [5, 5.41) is 3.33. The van der Waals surface area contributed by atoms with Crippen molar-refractivity contribution in [1.82, 2.24) is 10.2 Å². The van der Waals surface area contributed by atoms with E-state index >= 15 is 0 Å². The second-order valence-electron chi connectivity index (χ2n) is 7.04. The van der Waals surface area contributed by atoms with Crippen LogP contribution < -0.4 is 5.32 Å². The highest BCUT2D eigenvalue weighted by Crippen LogP contribution is 2.42. The molecule has 2 aliphatic heterocycles. The van der Waals surface area contributed by atoms with Gasteiger partial charge >= 0.3 is 6.18 Å². The van der Waals surface area contributed by atoms with Crippen LogP contribution in [0.1, 0.15) is 38.5 Å². The Bertz CT molecular complexity index is 410. The first-order valence-electron chi connectivity index (χ1n) is 7.96. The van der Waals surface area contributed by atoms with Gasteiger partial charge in [-0.3, -0.25) is 4.79 Å². The molecule has 2 saturated heterocycles. The Labute approximate surface area is 135 Å². The predicted molar refractivity (Wildman–Crippen MR) is 79.9 cm³/mol. The van der Waals surface area contributed by atoms with Crippen molar-refractivity contribution in [3.8, 4) is 0 Å². The molecule has 7 heteroatoms. The summed E-state index contributed by atoms with van der Waals surface area (Å²) in [6.45, 7) is 3.37. The molecule has 1 N–H and O–H groups in total. The van der Waals surface area contributed by atoms with Crippen LogP contribution in [0.4, 0.5) is 13.2 Å². The number of hydrogen-bond acceptors (Lipinski definition) is 2. The van der Waals surface area contributed by atoms with Gasteiger partial charge in [0.2, 0.25) is 5.91 Å². The van der Waals surface area contributed by atoms with Crippen molar-refractivity contribution >= 4 is 18.3 Å². The molecule has 3 aliphatic rings. The van der Waals surface area contributed by atoms with Crippen LogP contribution in [-0.4, -0.2) is 43.2 Å². The van der Waals surface area contributed by atoms with E-state index in [0.29, 0.717) is 19.4 Å². The number of likely N-dealkylation sites (tertiary alicyclic amines) is 1. The van der Waals surface area contributed by atoms with Gasteiger partial charge in [0.25, 0.3) is 0 Å². The predicted octanol–water partition coefficient (Wildman–Crippen LogP) is 2.99. The highest BCUT2D eigenvalue weighted by atomic mass is 35.5. The molecule has 0 aromatic carbocycles. The summed E-state index contributed by atoms with van der Waals surface area (Å²) in [5.41, 5.74) is 0.188. The molecule has 3 atom stereocenters. The topological polar surface area (TPSA) is 32.3 Å². The molecule has 1 aliphatic carbocycles. The number of nitrogens with one attached hydrogen (secondary N) is 1. The summed E-state index contributed by atoms with van der Waals surface area (Å²) in [6, 6.07) is 0. The van der Waals surface area contributed by atoms with Gasteiger partial charge in [0.15, 0.2) is 0 Å². The van der Waals surface area contributed by atoms with E-state index in [4.69, 9.17) is 0 Å². The number of alkyl halides is 3. The van der Waals surface area contributed by atoms with E-state index in [1.54, 1.807) is 0 Å². The van der Waals surface area contributed by atoms with Gasteiger partial charge in [0.05, 0.1) is 5.92 Å². The SMILES string of the molecule is Cl.O=C(C1CCCC(C(F)(F)F)C1)N1CCC2(CCNC2)C1. The van der Waals surface area contributed by atoms with E-state index in [-0.39, 0.29) is 36.6 Å². The molecule has 0 radical (unpaired) electrons. The number of nitrogens with zero attached hydrogens (tertiary/aromatic N) is 1. The van der Waals surface area contributed by atoms with E-state index < -0.39 is 18.0 Å². The average Bonchev–Trinajstić information content (AvgIpc) is 3.08. The second kappa shape index (κ2) is 6.56. The fraction of sp³-hybridized carbons (Fsp3) is 0.933. The molecular weight excluding hydrogens is 317 g/mol. The van der Waals surface area contributed by atoms with Crippen LogP contribution in [0.2, 0.25) is 0 Å². The highest BCUT2D eigenvalue weighted by molar-refractivity contribution is 5.85. The van der Waals surface area contributed by atoms with Crippen molar-refractivity contribution in [3.63, 3.8) is 0 Å². The summed E-state index contributed by atoms with van der Waals surface area (Å²) >= 11 is 0. The van der Waals surface area contributed by atoms with Gasteiger partial charge in [0.1, 0.15) is 0 Å². The van der Waals surface area contributed by atoms with Crippen LogP contribution in [0.3, 0.4) is 0 Å². The van der Waals surface area contributed by atoms with Crippen LogP contribution in [0.15, 0.2) is 0 Å². The zero-order valence-corrected chi connectivity index (χ0v) is 13.4. The molecule has 2 heterocycles. The first-order valence-corrected chi connectivity index (χ1v) is 7.96. The number of amides is 1. The van der Waals surface area contributed by atoms with Gasteiger partial charge in [-0.05, 0) is 38.6 Å². The minimum Gasteiger partial charge on any atom is -0.342 e. The summed E-state index contributed by atoms with van der Waals surface area (Å²) in [5.74, 6) is -1.74. The van der Waals surface area contributed by atoms with Crippen LogP contribution in [-0.2, 0) is 4.79 Å². The maximum Gasteiger partial charge on any atom is 0.391 e. The molecule has 3 nitrogen and oxygen atoms in total. The molecule has 0 aromatic heterocycles. The number of carbonyl (C=O) groups excluding carboxylic acids is 1. The molecule has 0 aromatic rings. The molecule has 3 rings (SSSR count). The zero-order chi connectivity index (χ0) is 15.1. The lowest BCUT2D eigenvalue weighted by Crippen LogP contribution is -2.40. The number of rotatable bonds is 1. The first-order chi connectivity index (χ1) is 9.90. The van der Waals surface area contributed by atoms with Crippen LogP contribution in [0, 0.1) is 17.3 Å². The lowest BCUT2D eigenvalue weighted by atomic mass is 9.80. The molecule has 1 spiro atoms. The maximum atomic E-state index is 12.9. The summed E-state index contributed by atoms with van der Waals surface area (Å²) in [6.07, 6.45) is -0.784. The third kappa shape index (κ3) is 3.53. The minimum atomic E-state index is -4.15. The third-order valence-electron chi connectivity index (χ3n) is 5.57. The molecule has 128 valence electrons. The highest BCUT2D eigenvalue weighted by Gasteiger charge is 2.47. The van der Waals surface area contributed by atoms with Gasteiger partial charge < -0.3 is 10.2 Å². The van der Waals surface area contributed by atoms with E-state index in [1.165, 1.54) is 0 Å². The minimum absolute atomic E-state index is 0. The Balaban J connectivity index is 0.00000176. The molecule has 3 fully saturated rings. The third-order valence-corrected chi connectivity index (χ3v) is 5.57. The van der Waals surface area contributed by atoms with Gasteiger partial charge in [-0.1, -0.05) is 6.42 Å². The molecule has 3 unspecified atom stereocenters. The van der Waals surface area contributed by atoms with Crippen LogP contribution in [0.5, 0.6) is 0 Å². The Hall–Kier alpha value is -0.490. The lowest BCUT2D eigenvalue weighted by Gasteiger charge is -2.32. The smallest absolute Gasteiger partial charge is 0.342 e. The van der Waals surface area contributed by atoms with E-state index in [1.807, 2.05) is 4.90 Å². The normalized spacial score (nSPS) is 35.7. The van der Waals surface area contributed by atoms with Crippen molar-refractivity contribution < 1.29 is 18.0 Å². The molecule has 1 amide bonds. The molecular formula is C15H24ClF3N2O. The Morgan fingerprint density at radius 2 is 2.00 bits per heavy atom. The average molecular weight is 341 g/mol. The summed E-state index contributed by atoms with van der Waals surface area (Å²) < 4.78 is 38.6. The second-order valence-corrected chi connectivity index (χ2v) is 7.04. The van der Waals surface area contributed by atoms with Crippen molar-refractivity contribution in [2.75, 3.05) is 26.2 Å². The standard InChI is InChI=1S/C15H23F3N2O.ClH/c16-15(17,18)12-3-1-2-11(8-12)13(21)20-7-5-14(10-20)4-6-19-9-14;/h11-12,19H,1-10H2;1H. The maximum absolute atomic E-state index is 12.9. The quantitative estimate of drug-likeness (QED) is 0.796. The van der Waals surface area contributed by atoms with Crippen molar-refractivity contribution in [2.45, 2.75) is 44.7 Å². The van der Waals surface area contributed by atoms with Gasteiger partial charge in [-0.25, -0.2) is 0 Å². The van der Waals surface area contributed by atoms with Crippen molar-refractivity contribution in [1.29, 1.82) is 0 Å². The molecule has 1 saturated carbocycles. The van der Waals surface area contributed by atoms with E-state index in [2.05, 4.69) is 5.32 Å². The molecule has 0 bridgehead atoms. The van der Waals surface area contributed by atoms with Crippen molar-refractivity contribution in [2.24, 2.45) is 17.3 Å². The molecule has 22 heavy (non-hydrogen) atoms. The number of hydrogen-bond donors (Lipinski definition) is 1. The van der Waals surface area contributed by atoms with E-state index in [0.717, 1.165) is 32.5 Å². The largest absolute Gasteiger partial charge is 0.391 e. The number of halogens is 4. The van der Waals surface area contributed by atoms with Crippen LogP contribution in [0.25, 0.3) is 0 Å². The Morgan fingerprint density at radius 1 is 1.23 bits per heavy atom. The van der Waals surface area contributed by atoms with Gasteiger partial charge in [-0.2, -0.15) is 13.2 Å². The fourth-order valence-electron chi connectivity index (χ4n) is 4.24. The zero-order valence-electron chi connectivity index (χ0n) is 12.6. The first kappa shape index (κ1) is 17.9. The monoisotopic (exact) mass is 340 g/mol.